The number of rotatable bonds is 4. The smallest absolute Gasteiger partial charge is 0.244 e. The fraction of sp³-hybridized carbons (Fsp3) is 0.400. The van der Waals surface area contributed by atoms with Gasteiger partial charge in [-0.15, -0.1) is 0 Å². The Morgan fingerprint density at radius 1 is 1.42 bits per heavy atom. The van der Waals surface area contributed by atoms with Gasteiger partial charge in [0.25, 0.3) is 0 Å². The minimum absolute atomic E-state index is 0.122. The second kappa shape index (κ2) is 7.04. The molecule has 19 heavy (non-hydrogen) atoms. The van der Waals surface area contributed by atoms with E-state index in [4.69, 9.17) is 0 Å². The quantitative estimate of drug-likeness (QED) is 0.814. The second-order valence-electron chi connectivity index (χ2n) is 4.83. The van der Waals surface area contributed by atoms with Crippen LogP contribution in [0.3, 0.4) is 0 Å². The van der Waals surface area contributed by atoms with E-state index in [-0.39, 0.29) is 11.7 Å². The van der Waals surface area contributed by atoms with Crippen molar-refractivity contribution in [3.8, 4) is 0 Å². The molecule has 0 unspecified atom stereocenters. The molecule has 1 aromatic rings. The molecule has 0 aliphatic carbocycles. The summed E-state index contributed by atoms with van der Waals surface area (Å²) >= 11 is 0. The molecule has 0 atom stereocenters. The Labute approximate surface area is 112 Å². The molecule has 2 rings (SSSR count). The molecule has 0 radical (unpaired) electrons. The number of nitrogens with one attached hydrogen (secondary N) is 2. The van der Waals surface area contributed by atoms with Crippen LogP contribution in [0.5, 0.6) is 0 Å². The Bertz CT molecular complexity index is 453. The highest BCUT2D eigenvalue weighted by atomic mass is 19.1. The number of hydrogen-bond acceptors (Lipinski definition) is 2. The number of carbonyl (C=O) groups is 1. The lowest BCUT2D eigenvalue weighted by molar-refractivity contribution is -0.116. The number of benzene rings is 1. The molecule has 1 aromatic carbocycles. The maximum absolute atomic E-state index is 12.9. The fourth-order valence-electron chi connectivity index (χ4n) is 2.17. The third-order valence-corrected chi connectivity index (χ3v) is 3.30. The SMILES string of the molecule is O=C(C=Cc1cccc(F)c1)NCC1CCNCC1. The first kappa shape index (κ1) is 13.7. The Morgan fingerprint density at radius 2 is 2.21 bits per heavy atom. The van der Waals surface area contributed by atoms with E-state index in [2.05, 4.69) is 10.6 Å². The molecule has 102 valence electrons. The van der Waals surface area contributed by atoms with E-state index < -0.39 is 0 Å². The molecule has 1 aliphatic rings. The van der Waals surface area contributed by atoms with Crippen LogP contribution in [0.1, 0.15) is 18.4 Å². The van der Waals surface area contributed by atoms with Crippen LogP contribution in [0, 0.1) is 11.7 Å². The normalized spacial score (nSPS) is 16.7. The molecule has 1 heterocycles. The van der Waals surface area contributed by atoms with E-state index in [0.29, 0.717) is 18.0 Å². The molecule has 0 spiro atoms. The van der Waals surface area contributed by atoms with Gasteiger partial charge in [0.05, 0.1) is 0 Å². The Kier molecular flexibility index (Phi) is 5.10. The number of amides is 1. The molecule has 1 saturated heterocycles. The van der Waals surface area contributed by atoms with Gasteiger partial charge < -0.3 is 10.6 Å². The van der Waals surface area contributed by atoms with Crippen LogP contribution in [0.4, 0.5) is 4.39 Å². The van der Waals surface area contributed by atoms with Crippen LogP contribution in [0.25, 0.3) is 6.08 Å². The van der Waals surface area contributed by atoms with Gasteiger partial charge >= 0.3 is 0 Å². The topological polar surface area (TPSA) is 41.1 Å². The number of carbonyl (C=O) groups excluding carboxylic acids is 1. The van der Waals surface area contributed by atoms with Gasteiger partial charge in [-0.2, -0.15) is 0 Å². The molecule has 1 aliphatic heterocycles. The first-order valence-corrected chi connectivity index (χ1v) is 6.66. The van der Waals surface area contributed by atoms with Crippen LogP contribution in [0.15, 0.2) is 30.3 Å². The third kappa shape index (κ3) is 4.83. The van der Waals surface area contributed by atoms with Gasteiger partial charge in [0.2, 0.25) is 5.91 Å². The fourth-order valence-corrected chi connectivity index (χ4v) is 2.17. The van der Waals surface area contributed by atoms with Crippen molar-refractivity contribution in [2.75, 3.05) is 19.6 Å². The summed E-state index contributed by atoms with van der Waals surface area (Å²) in [5, 5.41) is 6.18. The van der Waals surface area contributed by atoms with E-state index in [0.717, 1.165) is 25.9 Å². The largest absolute Gasteiger partial charge is 0.352 e. The van der Waals surface area contributed by atoms with Crippen molar-refractivity contribution in [2.45, 2.75) is 12.8 Å². The summed E-state index contributed by atoms with van der Waals surface area (Å²) in [6.07, 6.45) is 5.29. The first-order valence-electron chi connectivity index (χ1n) is 6.66. The number of piperidine rings is 1. The van der Waals surface area contributed by atoms with Gasteiger partial charge in [-0.3, -0.25) is 4.79 Å². The van der Waals surface area contributed by atoms with E-state index in [1.165, 1.54) is 18.2 Å². The first-order chi connectivity index (χ1) is 9.24. The average Bonchev–Trinajstić information content (AvgIpc) is 2.44. The zero-order chi connectivity index (χ0) is 13.5. The highest BCUT2D eigenvalue weighted by Crippen LogP contribution is 2.10. The highest BCUT2D eigenvalue weighted by Gasteiger charge is 2.12. The highest BCUT2D eigenvalue weighted by molar-refractivity contribution is 5.91. The van der Waals surface area contributed by atoms with Crippen molar-refractivity contribution in [3.63, 3.8) is 0 Å². The van der Waals surface area contributed by atoms with Crippen molar-refractivity contribution >= 4 is 12.0 Å². The molecule has 0 aromatic heterocycles. The van der Waals surface area contributed by atoms with Crippen LogP contribution >= 0.6 is 0 Å². The maximum atomic E-state index is 12.9. The van der Waals surface area contributed by atoms with Gasteiger partial charge in [-0.25, -0.2) is 4.39 Å². The molecule has 3 nitrogen and oxygen atoms in total. The Morgan fingerprint density at radius 3 is 2.95 bits per heavy atom. The van der Waals surface area contributed by atoms with Crippen molar-refractivity contribution in [1.29, 1.82) is 0 Å². The lowest BCUT2D eigenvalue weighted by Crippen LogP contribution is -2.35. The number of hydrogen-bond donors (Lipinski definition) is 2. The summed E-state index contributed by atoms with van der Waals surface area (Å²) in [6.45, 7) is 2.77. The van der Waals surface area contributed by atoms with Gasteiger partial charge in [0.1, 0.15) is 5.82 Å². The predicted molar refractivity (Wildman–Crippen MR) is 74.0 cm³/mol. The van der Waals surface area contributed by atoms with E-state index in [1.807, 2.05) is 0 Å². The summed E-state index contributed by atoms with van der Waals surface area (Å²) in [5.41, 5.74) is 0.692. The van der Waals surface area contributed by atoms with Crippen LogP contribution in [-0.2, 0) is 4.79 Å². The molecular weight excluding hydrogens is 243 g/mol. The summed E-state index contributed by atoms with van der Waals surface area (Å²) in [4.78, 5) is 11.6. The lowest BCUT2D eigenvalue weighted by Gasteiger charge is -2.22. The van der Waals surface area contributed by atoms with E-state index in [9.17, 15) is 9.18 Å². The van der Waals surface area contributed by atoms with Crippen LogP contribution in [0.2, 0.25) is 0 Å². The third-order valence-electron chi connectivity index (χ3n) is 3.30. The molecule has 0 saturated carbocycles. The number of halogens is 1. The molecule has 4 heteroatoms. The molecule has 2 N–H and O–H groups in total. The average molecular weight is 262 g/mol. The zero-order valence-electron chi connectivity index (χ0n) is 10.9. The van der Waals surface area contributed by atoms with E-state index >= 15 is 0 Å². The summed E-state index contributed by atoms with van der Waals surface area (Å²) in [5.74, 6) is 0.146. The molecular formula is C15H19FN2O. The van der Waals surface area contributed by atoms with Crippen LogP contribution < -0.4 is 10.6 Å². The monoisotopic (exact) mass is 262 g/mol. The van der Waals surface area contributed by atoms with Gasteiger partial charge in [0.15, 0.2) is 0 Å². The maximum Gasteiger partial charge on any atom is 0.244 e. The van der Waals surface area contributed by atoms with Gasteiger partial charge in [0, 0.05) is 12.6 Å². The Hall–Kier alpha value is -1.68. The molecule has 1 amide bonds. The second-order valence-corrected chi connectivity index (χ2v) is 4.83. The van der Waals surface area contributed by atoms with Crippen molar-refractivity contribution in [1.82, 2.24) is 10.6 Å². The Balaban J connectivity index is 1.77. The summed E-state index contributed by atoms with van der Waals surface area (Å²) in [6, 6.07) is 6.17. The minimum Gasteiger partial charge on any atom is -0.352 e. The van der Waals surface area contributed by atoms with Crippen LogP contribution in [-0.4, -0.2) is 25.5 Å². The van der Waals surface area contributed by atoms with Crippen molar-refractivity contribution < 1.29 is 9.18 Å². The summed E-state index contributed by atoms with van der Waals surface area (Å²) < 4.78 is 12.9. The van der Waals surface area contributed by atoms with E-state index in [1.54, 1.807) is 18.2 Å². The standard InChI is InChI=1S/C15H19FN2O/c16-14-3-1-2-12(10-14)4-5-15(19)18-11-13-6-8-17-9-7-13/h1-5,10,13,17H,6-9,11H2,(H,18,19). The predicted octanol–water partition coefficient (Wildman–Crippen LogP) is 1.95. The zero-order valence-corrected chi connectivity index (χ0v) is 10.9. The molecule has 0 bridgehead atoms. The summed E-state index contributed by atoms with van der Waals surface area (Å²) in [7, 11) is 0. The van der Waals surface area contributed by atoms with Gasteiger partial charge in [-0.1, -0.05) is 12.1 Å². The van der Waals surface area contributed by atoms with Crippen molar-refractivity contribution in [2.24, 2.45) is 5.92 Å². The lowest BCUT2D eigenvalue weighted by atomic mass is 9.98. The van der Waals surface area contributed by atoms with Gasteiger partial charge in [-0.05, 0) is 55.6 Å². The molecule has 1 fully saturated rings. The minimum atomic E-state index is -0.294. The van der Waals surface area contributed by atoms with Crippen molar-refractivity contribution in [3.05, 3.63) is 41.7 Å².